The van der Waals surface area contributed by atoms with Crippen LogP contribution in [0.4, 0.5) is 0 Å². The van der Waals surface area contributed by atoms with Crippen molar-refractivity contribution in [2.75, 3.05) is 19.8 Å². The van der Waals surface area contributed by atoms with Crippen molar-refractivity contribution in [3.8, 4) is 11.5 Å². The number of rotatable bonds is 3. The Kier molecular flexibility index (Phi) is 3.55. The first-order valence-corrected chi connectivity index (χ1v) is 6.61. The zero-order chi connectivity index (χ0) is 13.1. The van der Waals surface area contributed by atoms with Gasteiger partial charge in [-0.2, -0.15) is 0 Å². The Hall–Kier alpha value is -1.75. The third-order valence-corrected chi connectivity index (χ3v) is 3.33. The van der Waals surface area contributed by atoms with Crippen LogP contribution in [-0.4, -0.2) is 37.9 Å². The standard InChI is InChI=1S/C14H17NO4/c16-14(15-8-10-4-3-7-17-10)13-9-18-11-5-1-2-6-12(11)19-13/h1-2,5-6,10,13H,3-4,7-9H2,(H,15,16)/t10-,13+/m1/s1. The van der Waals surface area contributed by atoms with Gasteiger partial charge in [0.1, 0.15) is 6.61 Å². The molecule has 5 heteroatoms. The number of benzene rings is 1. The summed E-state index contributed by atoms with van der Waals surface area (Å²) in [5.41, 5.74) is 0. The average Bonchev–Trinajstić information content (AvgIpc) is 2.97. The SMILES string of the molecule is O=C(NC[C@H]1CCCO1)[C@@H]1COc2ccccc2O1. The van der Waals surface area contributed by atoms with Gasteiger partial charge in [0.15, 0.2) is 11.5 Å². The summed E-state index contributed by atoms with van der Waals surface area (Å²) in [7, 11) is 0. The molecular formula is C14H17NO4. The molecule has 1 saturated heterocycles. The summed E-state index contributed by atoms with van der Waals surface area (Å²) in [6, 6.07) is 7.36. The van der Waals surface area contributed by atoms with Crippen molar-refractivity contribution in [1.29, 1.82) is 0 Å². The van der Waals surface area contributed by atoms with Gasteiger partial charge in [0.05, 0.1) is 6.10 Å². The van der Waals surface area contributed by atoms with E-state index in [2.05, 4.69) is 5.32 Å². The molecule has 1 fully saturated rings. The van der Waals surface area contributed by atoms with Crippen LogP contribution in [0.1, 0.15) is 12.8 Å². The summed E-state index contributed by atoms with van der Waals surface area (Å²) in [6.45, 7) is 1.58. The number of hydrogen-bond donors (Lipinski definition) is 1. The molecule has 0 spiro atoms. The molecule has 0 aliphatic carbocycles. The molecule has 5 nitrogen and oxygen atoms in total. The van der Waals surface area contributed by atoms with Crippen molar-refractivity contribution in [3.63, 3.8) is 0 Å². The Labute approximate surface area is 111 Å². The van der Waals surface area contributed by atoms with Crippen LogP contribution in [-0.2, 0) is 9.53 Å². The summed E-state index contributed by atoms with van der Waals surface area (Å²) in [5.74, 6) is 1.15. The molecule has 3 rings (SSSR count). The minimum atomic E-state index is -0.587. The van der Waals surface area contributed by atoms with Crippen LogP contribution in [0.25, 0.3) is 0 Å². The normalized spacial score (nSPS) is 25.1. The second-order valence-electron chi connectivity index (χ2n) is 4.74. The highest BCUT2D eigenvalue weighted by Crippen LogP contribution is 2.30. The summed E-state index contributed by atoms with van der Waals surface area (Å²) in [4.78, 5) is 12.0. The Morgan fingerprint density at radius 1 is 1.32 bits per heavy atom. The molecule has 19 heavy (non-hydrogen) atoms. The number of nitrogens with one attached hydrogen (secondary N) is 1. The summed E-state index contributed by atoms with van der Waals surface area (Å²) in [5, 5.41) is 2.86. The molecule has 0 radical (unpaired) electrons. The van der Waals surface area contributed by atoms with Gasteiger partial charge in [-0.25, -0.2) is 0 Å². The van der Waals surface area contributed by atoms with E-state index < -0.39 is 6.10 Å². The number of hydrogen-bond acceptors (Lipinski definition) is 4. The zero-order valence-electron chi connectivity index (χ0n) is 10.6. The Morgan fingerprint density at radius 3 is 2.95 bits per heavy atom. The van der Waals surface area contributed by atoms with Gasteiger partial charge in [-0.15, -0.1) is 0 Å². The average molecular weight is 263 g/mol. The molecule has 0 saturated carbocycles. The highest BCUT2D eigenvalue weighted by Gasteiger charge is 2.28. The van der Waals surface area contributed by atoms with Crippen LogP contribution in [0.2, 0.25) is 0 Å². The Morgan fingerprint density at radius 2 is 2.16 bits per heavy atom. The van der Waals surface area contributed by atoms with Crippen molar-refractivity contribution in [2.24, 2.45) is 0 Å². The molecule has 2 heterocycles. The molecule has 1 aromatic rings. The van der Waals surface area contributed by atoms with E-state index in [9.17, 15) is 4.79 Å². The largest absolute Gasteiger partial charge is 0.485 e. The van der Waals surface area contributed by atoms with E-state index in [1.54, 1.807) is 6.07 Å². The van der Waals surface area contributed by atoms with E-state index in [1.165, 1.54) is 0 Å². The van der Waals surface area contributed by atoms with E-state index in [0.29, 0.717) is 18.0 Å². The van der Waals surface area contributed by atoms with Gasteiger partial charge in [-0.05, 0) is 25.0 Å². The van der Waals surface area contributed by atoms with Crippen molar-refractivity contribution in [2.45, 2.75) is 25.0 Å². The molecule has 0 bridgehead atoms. The highest BCUT2D eigenvalue weighted by atomic mass is 16.6. The van der Waals surface area contributed by atoms with Gasteiger partial charge in [0, 0.05) is 13.2 Å². The fourth-order valence-electron chi connectivity index (χ4n) is 2.28. The summed E-state index contributed by atoms with van der Waals surface area (Å²) in [6.07, 6.45) is 1.62. The van der Waals surface area contributed by atoms with E-state index in [-0.39, 0.29) is 18.6 Å². The minimum Gasteiger partial charge on any atom is -0.485 e. The van der Waals surface area contributed by atoms with Gasteiger partial charge in [0.25, 0.3) is 5.91 Å². The number of para-hydroxylation sites is 2. The van der Waals surface area contributed by atoms with E-state index >= 15 is 0 Å². The molecule has 2 aliphatic rings. The lowest BCUT2D eigenvalue weighted by molar-refractivity contribution is -0.130. The fourth-order valence-corrected chi connectivity index (χ4v) is 2.28. The van der Waals surface area contributed by atoms with Crippen LogP contribution in [0.5, 0.6) is 11.5 Å². The monoisotopic (exact) mass is 263 g/mol. The van der Waals surface area contributed by atoms with Gasteiger partial charge in [-0.3, -0.25) is 4.79 Å². The molecule has 1 aromatic carbocycles. The van der Waals surface area contributed by atoms with Crippen LogP contribution >= 0.6 is 0 Å². The number of fused-ring (bicyclic) bond motifs is 1. The maximum absolute atomic E-state index is 12.0. The first kappa shape index (κ1) is 12.3. The molecule has 2 atom stereocenters. The lowest BCUT2D eigenvalue weighted by Crippen LogP contribution is -2.46. The van der Waals surface area contributed by atoms with Crippen molar-refractivity contribution >= 4 is 5.91 Å². The third-order valence-electron chi connectivity index (χ3n) is 3.33. The number of amides is 1. The molecule has 102 valence electrons. The fraction of sp³-hybridized carbons (Fsp3) is 0.500. The third kappa shape index (κ3) is 2.81. The Bertz CT molecular complexity index is 457. The minimum absolute atomic E-state index is 0.140. The van der Waals surface area contributed by atoms with Gasteiger partial charge >= 0.3 is 0 Å². The number of carbonyl (C=O) groups is 1. The lowest BCUT2D eigenvalue weighted by atomic mass is 10.2. The van der Waals surface area contributed by atoms with Crippen molar-refractivity contribution in [1.82, 2.24) is 5.32 Å². The second kappa shape index (κ2) is 5.48. The molecule has 2 aliphatic heterocycles. The zero-order valence-corrected chi connectivity index (χ0v) is 10.6. The van der Waals surface area contributed by atoms with E-state index in [0.717, 1.165) is 19.4 Å². The quantitative estimate of drug-likeness (QED) is 0.888. The maximum Gasteiger partial charge on any atom is 0.264 e. The van der Waals surface area contributed by atoms with E-state index in [4.69, 9.17) is 14.2 Å². The number of ether oxygens (including phenoxy) is 3. The summed E-state index contributed by atoms with van der Waals surface area (Å²) < 4.78 is 16.6. The van der Waals surface area contributed by atoms with Gasteiger partial charge < -0.3 is 19.5 Å². The number of carbonyl (C=O) groups excluding carboxylic acids is 1. The van der Waals surface area contributed by atoms with Crippen LogP contribution < -0.4 is 14.8 Å². The Balaban J connectivity index is 1.54. The first-order chi connectivity index (χ1) is 9.33. The lowest BCUT2D eigenvalue weighted by Gasteiger charge is -2.25. The van der Waals surface area contributed by atoms with E-state index in [1.807, 2.05) is 18.2 Å². The predicted octanol–water partition coefficient (Wildman–Crippen LogP) is 1.12. The highest BCUT2D eigenvalue weighted by molar-refractivity contribution is 5.81. The van der Waals surface area contributed by atoms with Gasteiger partial charge in [-0.1, -0.05) is 12.1 Å². The predicted molar refractivity (Wildman–Crippen MR) is 68.3 cm³/mol. The van der Waals surface area contributed by atoms with Crippen LogP contribution in [0.15, 0.2) is 24.3 Å². The molecule has 0 unspecified atom stereocenters. The van der Waals surface area contributed by atoms with Crippen molar-refractivity contribution in [3.05, 3.63) is 24.3 Å². The van der Waals surface area contributed by atoms with Crippen molar-refractivity contribution < 1.29 is 19.0 Å². The molecule has 1 N–H and O–H groups in total. The molecular weight excluding hydrogens is 246 g/mol. The molecule has 0 aromatic heterocycles. The molecule has 1 amide bonds. The smallest absolute Gasteiger partial charge is 0.264 e. The maximum atomic E-state index is 12.0. The second-order valence-corrected chi connectivity index (χ2v) is 4.74. The van der Waals surface area contributed by atoms with Gasteiger partial charge in [0.2, 0.25) is 6.10 Å². The van der Waals surface area contributed by atoms with Crippen LogP contribution in [0.3, 0.4) is 0 Å². The summed E-state index contributed by atoms with van der Waals surface area (Å²) >= 11 is 0. The first-order valence-electron chi connectivity index (χ1n) is 6.61. The van der Waals surface area contributed by atoms with Crippen LogP contribution in [0, 0.1) is 0 Å². The topological polar surface area (TPSA) is 56.8 Å².